The highest BCUT2D eigenvalue weighted by molar-refractivity contribution is 5.90. The van der Waals surface area contributed by atoms with Gasteiger partial charge in [-0.15, -0.1) is 0 Å². The molecule has 0 aromatic heterocycles. The van der Waals surface area contributed by atoms with Crippen molar-refractivity contribution in [2.24, 2.45) is 16.5 Å². The number of carbonyl (C=O) groups excluding carboxylic acids is 1. The minimum Gasteiger partial charge on any atom is -0.451 e. The smallest absolute Gasteiger partial charge is 0.343 e. The Bertz CT molecular complexity index is 875. The fraction of sp³-hybridized carbons (Fsp3) is 0.500. The molecule has 156 valence electrons. The van der Waals surface area contributed by atoms with Gasteiger partial charge in [-0.2, -0.15) is 0 Å². The fourth-order valence-electron chi connectivity index (χ4n) is 4.67. The summed E-state index contributed by atoms with van der Waals surface area (Å²) in [5, 5.41) is 35.3. The minimum atomic E-state index is -2.61. The molecule has 1 spiro atoms. The van der Waals surface area contributed by atoms with Gasteiger partial charge >= 0.3 is 11.9 Å². The third-order valence-electron chi connectivity index (χ3n) is 5.88. The van der Waals surface area contributed by atoms with Gasteiger partial charge in [-0.05, 0) is 18.6 Å². The Labute approximate surface area is 166 Å². The topological polar surface area (TPSA) is 181 Å². The van der Waals surface area contributed by atoms with E-state index in [9.17, 15) is 20.1 Å². The fourth-order valence-corrected chi connectivity index (χ4v) is 4.67. The molecule has 3 aliphatic heterocycles. The molecule has 9 N–H and O–H groups in total. The lowest BCUT2D eigenvalue weighted by Gasteiger charge is -2.46. The van der Waals surface area contributed by atoms with Crippen LogP contribution in [0.25, 0.3) is 0 Å². The van der Waals surface area contributed by atoms with E-state index in [0.717, 1.165) is 0 Å². The van der Waals surface area contributed by atoms with Crippen LogP contribution in [-0.2, 0) is 4.74 Å². The van der Waals surface area contributed by atoms with Crippen LogP contribution in [0.5, 0.6) is 0 Å². The summed E-state index contributed by atoms with van der Waals surface area (Å²) in [5.41, 5.74) is 10.7. The Morgan fingerprint density at radius 3 is 2.66 bits per heavy atom. The number of esters is 1. The summed E-state index contributed by atoms with van der Waals surface area (Å²) in [7, 11) is 0. The van der Waals surface area contributed by atoms with Gasteiger partial charge in [-0.25, -0.2) is 15.1 Å². The van der Waals surface area contributed by atoms with Gasteiger partial charge in [0.2, 0.25) is 0 Å². The van der Waals surface area contributed by atoms with Gasteiger partial charge in [0.05, 0.1) is 18.2 Å². The molecule has 4 rings (SSSR count). The molecule has 11 nitrogen and oxygen atoms in total. The van der Waals surface area contributed by atoms with Crippen molar-refractivity contribution in [2.75, 3.05) is 6.61 Å². The summed E-state index contributed by atoms with van der Waals surface area (Å²) in [4.78, 5) is 21.4. The number of ether oxygens (including phenoxy) is 1. The lowest BCUT2D eigenvalue weighted by atomic mass is 9.85. The Balaban J connectivity index is 1.78. The van der Waals surface area contributed by atoms with Gasteiger partial charge in [-0.3, -0.25) is 15.6 Å². The summed E-state index contributed by atoms with van der Waals surface area (Å²) in [5.74, 6) is -3.25. The molecule has 0 amide bonds. The summed E-state index contributed by atoms with van der Waals surface area (Å²) in [6.07, 6.45) is -1.000. The van der Waals surface area contributed by atoms with E-state index in [1.54, 1.807) is 37.3 Å². The first-order valence-corrected chi connectivity index (χ1v) is 9.39. The van der Waals surface area contributed by atoms with Crippen molar-refractivity contribution in [3.63, 3.8) is 0 Å². The number of benzene rings is 1. The standard InChI is InChI=1S/C18H24N6O5/c1-2-11-13(29-14(26)9-6-4-3-5-7-9)18(27,28)17-12(22-15(19)23-17)10(8-25)21-16(20)24(11)17/h3-7,10-13,25,27-28H,2,8H2,1H3,(H2,20,21)(H3,19,22,23)/p+1/t10-,11+,12-,13-,17-/m0/s1. The van der Waals surface area contributed by atoms with E-state index in [-0.39, 0.29) is 17.5 Å². The van der Waals surface area contributed by atoms with Crippen LogP contribution in [-0.4, -0.2) is 80.4 Å². The molecule has 0 bridgehead atoms. The van der Waals surface area contributed by atoms with Crippen molar-refractivity contribution in [1.82, 2.24) is 10.2 Å². The summed E-state index contributed by atoms with van der Waals surface area (Å²) >= 11 is 0. The zero-order valence-corrected chi connectivity index (χ0v) is 15.8. The number of aliphatic hydroxyl groups is 3. The SMILES string of the molecule is CC[C@@H]1[C@H](OC(=O)c2ccccc2)C(O)(O)[C@]23NC(N)=[NH+][C@H]2[C@H](CO)N=C(N)N13. The largest absolute Gasteiger partial charge is 0.451 e. The Morgan fingerprint density at radius 2 is 2.03 bits per heavy atom. The van der Waals surface area contributed by atoms with Crippen molar-refractivity contribution < 1.29 is 29.8 Å². The highest BCUT2D eigenvalue weighted by Crippen LogP contribution is 2.46. The van der Waals surface area contributed by atoms with Crippen molar-refractivity contribution >= 4 is 17.9 Å². The van der Waals surface area contributed by atoms with Crippen LogP contribution in [0.3, 0.4) is 0 Å². The maximum Gasteiger partial charge on any atom is 0.343 e. The average molecular weight is 405 g/mol. The molecule has 0 radical (unpaired) electrons. The van der Waals surface area contributed by atoms with Crippen molar-refractivity contribution in [3.8, 4) is 0 Å². The first-order valence-electron chi connectivity index (χ1n) is 9.39. The third-order valence-corrected chi connectivity index (χ3v) is 5.88. The van der Waals surface area contributed by atoms with Crippen LogP contribution >= 0.6 is 0 Å². The number of carbonyl (C=O) groups is 1. The van der Waals surface area contributed by atoms with Gasteiger partial charge in [0.25, 0.3) is 11.4 Å². The molecular formula is C18H25N6O5+. The van der Waals surface area contributed by atoms with E-state index in [4.69, 9.17) is 16.2 Å². The summed E-state index contributed by atoms with van der Waals surface area (Å²) in [6, 6.07) is 5.93. The quantitative estimate of drug-likeness (QED) is 0.193. The molecule has 5 atom stereocenters. The molecular weight excluding hydrogens is 380 g/mol. The van der Waals surface area contributed by atoms with Crippen LogP contribution in [0.1, 0.15) is 23.7 Å². The third kappa shape index (κ3) is 2.51. The van der Waals surface area contributed by atoms with E-state index < -0.39 is 48.3 Å². The predicted octanol–water partition coefficient (Wildman–Crippen LogP) is -4.26. The number of guanidine groups is 2. The number of hydrogen-bond donors (Lipinski definition) is 7. The molecule has 29 heavy (non-hydrogen) atoms. The second-order valence-electron chi connectivity index (χ2n) is 7.43. The lowest BCUT2D eigenvalue weighted by molar-refractivity contribution is -0.523. The molecule has 1 aromatic rings. The number of aliphatic imine (C=N–C) groups is 1. The number of aliphatic hydroxyl groups excluding tert-OH is 1. The highest BCUT2D eigenvalue weighted by Gasteiger charge is 2.79. The highest BCUT2D eigenvalue weighted by atomic mass is 16.6. The van der Waals surface area contributed by atoms with E-state index in [0.29, 0.717) is 6.42 Å². The number of nitrogens with one attached hydrogen (secondary N) is 2. The monoisotopic (exact) mass is 405 g/mol. The maximum absolute atomic E-state index is 12.7. The molecule has 0 saturated carbocycles. The second kappa shape index (κ2) is 6.58. The molecule has 1 aromatic carbocycles. The van der Waals surface area contributed by atoms with E-state index in [2.05, 4.69) is 15.3 Å². The van der Waals surface area contributed by atoms with Gasteiger partial charge in [0, 0.05) is 0 Å². The number of nitrogens with zero attached hydrogens (tertiary/aromatic N) is 2. The Kier molecular flexibility index (Phi) is 4.41. The first kappa shape index (κ1) is 19.4. The van der Waals surface area contributed by atoms with Gasteiger partial charge in [0.15, 0.2) is 18.1 Å². The van der Waals surface area contributed by atoms with E-state index in [1.807, 2.05) is 0 Å². The number of nitrogens with two attached hydrogens (primary N) is 2. The van der Waals surface area contributed by atoms with E-state index in [1.165, 1.54) is 4.90 Å². The first-order chi connectivity index (χ1) is 13.8. The normalized spacial score (nSPS) is 34.6. The number of rotatable bonds is 4. The molecule has 3 heterocycles. The predicted molar refractivity (Wildman–Crippen MR) is 101 cm³/mol. The zero-order valence-electron chi connectivity index (χ0n) is 15.8. The molecule has 0 unspecified atom stereocenters. The van der Waals surface area contributed by atoms with Crippen LogP contribution in [0.4, 0.5) is 0 Å². The van der Waals surface area contributed by atoms with Gasteiger partial charge in [0.1, 0.15) is 6.04 Å². The van der Waals surface area contributed by atoms with Gasteiger partial charge < -0.3 is 25.8 Å². The van der Waals surface area contributed by atoms with Crippen molar-refractivity contribution in [3.05, 3.63) is 35.9 Å². The molecule has 11 heteroatoms. The molecule has 1 fully saturated rings. The van der Waals surface area contributed by atoms with E-state index >= 15 is 0 Å². The zero-order chi connectivity index (χ0) is 21.0. The van der Waals surface area contributed by atoms with Crippen LogP contribution < -0.4 is 21.8 Å². The Morgan fingerprint density at radius 1 is 1.34 bits per heavy atom. The van der Waals surface area contributed by atoms with Crippen LogP contribution in [0.2, 0.25) is 0 Å². The van der Waals surface area contributed by atoms with Crippen molar-refractivity contribution in [1.29, 1.82) is 0 Å². The molecule has 1 saturated heterocycles. The Hall–Kier alpha value is -2.89. The molecule has 3 aliphatic rings. The van der Waals surface area contributed by atoms with Gasteiger partial charge in [-0.1, -0.05) is 25.1 Å². The van der Waals surface area contributed by atoms with Crippen molar-refractivity contribution in [2.45, 2.75) is 49.0 Å². The molecule has 0 aliphatic carbocycles. The minimum absolute atomic E-state index is 0.0121. The van der Waals surface area contributed by atoms with Crippen LogP contribution in [0.15, 0.2) is 35.3 Å². The number of hydrogen-bond acceptors (Lipinski definition) is 10. The summed E-state index contributed by atoms with van der Waals surface area (Å²) in [6.45, 7) is 1.41. The lowest BCUT2D eigenvalue weighted by Crippen LogP contribution is -2.90. The average Bonchev–Trinajstić information content (AvgIpc) is 3.15. The summed E-state index contributed by atoms with van der Waals surface area (Å²) < 4.78 is 5.59. The maximum atomic E-state index is 12.7. The second-order valence-corrected chi connectivity index (χ2v) is 7.43. The van der Waals surface area contributed by atoms with Crippen LogP contribution in [0, 0.1) is 0 Å².